The minimum absolute atomic E-state index is 0.395. The summed E-state index contributed by atoms with van der Waals surface area (Å²) in [5, 5.41) is -3.03. The van der Waals surface area contributed by atoms with E-state index < -0.39 is 21.2 Å². The first-order valence-electron chi connectivity index (χ1n) is 2.75. The summed E-state index contributed by atoms with van der Waals surface area (Å²) in [6.07, 6.45) is -0.465. The highest BCUT2D eigenvalue weighted by atomic mass is 79.9. The Morgan fingerprint density at radius 1 is 1.45 bits per heavy atom. The van der Waals surface area contributed by atoms with Gasteiger partial charge in [-0.05, 0) is 15.9 Å². The summed E-state index contributed by atoms with van der Waals surface area (Å²) in [5.41, 5.74) is 0. The molecule has 0 bridgehead atoms. The van der Waals surface area contributed by atoms with Crippen LogP contribution in [0.5, 0.6) is 0 Å². The Balaban J connectivity index is 4.22. The first kappa shape index (κ1) is 12.0. The summed E-state index contributed by atoms with van der Waals surface area (Å²) in [6.45, 7) is 1.54. The van der Waals surface area contributed by atoms with E-state index in [1.165, 1.54) is 6.92 Å². The van der Waals surface area contributed by atoms with Crippen molar-refractivity contribution in [3.8, 4) is 0 Å². The van der Waals surface area contributed by atoms with Gasteiger partial charge in [0.05, 0.1) is 0 Å². The van der Waals surface area contributed by atoms with E-state index in [0.717, 1.165) is 0 Å². The molecule has 0 spiro atoms. The molecule has 0 N–H and O–H groups in total. The molecule has 11 heavy (non-hydrogen) atoms. The van der Waals surface area contributed by atoms with Gasteiger partial charge in [-0.1, -0.05) is 34.5 Å². The van der Waals surface area contributed by atoms with Crippen molar-refractivity contribution in [3.05, 3.63) is 0 Å². The number of halogens is 6. The van der Waals surface area contributed by atoms with Crippen LogP contribution in [-0.4, -0.2) is 14.8 Å². The summed E-state index contributed by atoms with van der Waals surface area (Å²) >= 11 is 9.71. The van der Waals surface area contributed by atoms with Crippen LogP contribution in [0, 0.1) is 0 Å². The minimum Gasteiger partial charge on any atom is -0.218 e. The minimum atomic E-state index is -3.69. The predicted octanol–water partition coefficient (Wildman–Crippen LogP) is 4.05. The molecule has 0 saturated carbocycles. The van der Waals surface area contributed by atoms with E-state index in [1.807, 2.05) is 15.9 Å². The number of alkyl halides is 6. The van der Waals surface area contributed by atoms with Crippen molar-refractivity contribution in [2.45, 2.75) is 28.1 Å². The van der Waals surface area contributed by atoms with Gasteiger partial charge in [0.2, 0.25) is 0 Å². The normalized spacial score (nSPS) is 21.0. The van der Waals surface area contributed by atoms with Crippen molar-refractivity contribution in [2.75, 3.05) is 0 Å². The summed E-state index contributed by atoms with van der Waals surface area (Å²) in [6, 6.07) is 0. The molecule has 68 valence electrons. The van der Waals surface area contributed by atoms with Crippen LogP contribution in [0.4, 0.5) is 13.2 Å². The maximum absolute atomic E-state index is 12.8. The van der Waals surface area contributed by atoms with Crippen LogP contribution < -0.4 is 0 Å². The first-order valence-corrected chi connectivity index (χ1v) is 4.84. The highest BCUT2D eigenvalue weighted by molar-refractivity contribution is 9.10. The molecule has 0 heterocycles. The Bertz CT molecular complexity index is 132. The Morgan fingerprint density at radius 3 is 1.91 bits per heavy atom. The molecule has 0 radical (unpaired) electrons. The zero-order valence-electron chi connectivity index (χ0n) is 5.55. The van der Waals surface area contributed by atoms with Crippen molar-refractivity contribution >= 4 is 43.5 Å². The highest BCUT2D eigenvalue weighted by Crippen LogP contribution is 2.44. The van der Waals surface area contributed by atoms with Crippen LogP contribution in [0.1, 0.15) is 13.3 Å². The summed E-state index contributed by atoms with van der Waals surface area (Å²) < 4.78 is 37.3. The Labute approximate surface area is 84.7 Å². The lowest BCUT2D eigenvalue weighted by Gasteiger charge is -2.23. The van der Waals surface area contributed by atoms with Crippen molar-refractivity contribution in [3.63, 3.8) is 0 Å². The van der Waals surface area contributed by atoms with Crippen LogP contribution in [0.15, 0.2) is 0 Å². The van der Waals surface area contributed by atoms with Crippen LogP contribution in [-0.2, 0) is 0 Å². The van der Waals surface area contributed by atoms with Gasteiger partial charge in [-0.25, -0.2) is 4.39 Å². The van der Waals surface area contributed by atoms with Gasteiger partial charge in [0.15, 0.2) is 0 Å². The molecule has 0 nitrogen and oxygen atoms in total. The lowest BCUT2D eigenvalue weighted by atomic mass is 10.2. The van der Waals surface area contributed by atoms with Gasteiger partial charge in [0.1, 0.15) is 0 Å². The predicted molar refractivity (Wildman–Crippen MR) is 46.6 cm³/mol. The molecule has 2 atom stereocenters. The van der Waals surface area contributed by atoms with Crippen molar-refractivity contribution in [1.82, 2.24) is 0 Å². The molecule has 0 aromatic carbocycles. The molecule has 0 aliphatic rings. The first-order chi connectivity index (χ1) is 4.67. The topological polar surface area (TPSA) is 0 Å². The van der Waals surface area contributed by atoms with Crippen molar-refractivity contribution in [1.29, 1.82) is 0 Å². The van der Waals surface area contributed by atoms with E-state index in [9.17, 15) is 13.2 Å². The molecule has 0 aromatic heterocycles. The zero-order valence-corrected chi connectivity index (χ0v) is 9.48. The summed E-state index contributed by atoms with van der Waals surface area (Å²) in [5.74, 6) is 0. The van der Waals surface area contributed by atoms with E-state index in [4.69, 9.17) is 11.6 Å². The van der Waals surface area contributed by atoms with E-state index in [1.54, 1.807) is 0 Å². The van der Waals surface area contributed by atoms with Crippen LogP contribution in [0.2, 0.25) is 0 Å². The lowest BCUT2D eigenvalue weighted by Crippen LogP contribution is -2.35. The maximum atomic E-state index is 12.8. The van der Waals surface area contributed by atoms with Crippen LogP contribution in [0.25, 0.3) is 0 Å². The summed E-state index contributed by atoms with van der Waals surface area (Å²) in [4.78, 5) is -4.09. The average molecular weight is 318 g/mol. The van der Waals surface area contributed by atoms with Gasteiger partial charge in [0, 0.05) is 11.2 Å². The standard InChI is InChI=1S/C5H6Br2ClF3/c1-3(6)2-4(8,9)5(7,10)11/h3H,2H2,1H3/t3-,4-/m1/s1. The van der Waals surface area contributed by atoms with Gasteiger partial charge in [-0.15, -0.1) is 0 Å². The fourth-order valence-corrected chi connectivity index (χ4v) is 1.49. The molecule has 0 saturated heterocycles. The van der Waals surface area contributed by atoms with Gasteiger partial charge in [0.25, 0.3) is 5.13 Å². The highest BCUT2D eigenvalue weighted by Gasteiger charge is 2.51. The van der Waals surface area contributed by atoms with Crippen molar-refractivity contribution < 1.29 is 13.2 Å². The van der Waals surface area contributed by atoms with Crippen LogP contribution in [0.3, 0.4) is 0 Å². The Kier molecular flexibility index (Phi) is 4.19. The third-order valence-corrected chi connectivity index (χ3v) is 2.52. The fraction of sp³-hybridized carbons (Fsp3) is 1.00. The van der Waals surface area contributed by atoms with E-state index >= 15 is 0 Å². The average Bonchev–Trinajstić information content (AvgIpc) is 1.56. The molecule has 0 amide bonds. The maximum Gasteiger partial charge on any atom is 0.348 e. The number of rotatable bonds is 3. The third-order valence-electron chi connectivity index (χ3n) is 0.952. The fourth-order valence-electron chi connectivity index (χ4n) is 0.469. The molecule has 0 aromatic rings. The van der Waals surface area contributed by atoms with Gasteiger partial charge in [-0.3, -0.25) is 0 Å². The van der Waals surface area contributed by atoms with E-state index in [2.05, 4.69) is 15.9 Å². The van der Waals surface area contributed by atoms with E-state index in [-0.39, 0.29) is 0 Å². The molecular weight excluding hydrogens is 312 g/mol. The second kappa shape index (κ2) is 3.83. The number of hydrogen-bond acceptors (Lipinski definition) is 0. The van der Waals surface area contributed by atoms with Crippen LogP contribution >= 0.6 is 43.5 Å². The number of hydrogen-bond donors (Lipinski definition) is 0. The second-order valence-electron chi connectivity index (χ2n) is 2.19. The second-order valence-corrected chi connectivity index (χ2v) is 5.35. The van der Waals surface area contributed by atoms with Gasteiger partial charge >= 0.3 is 4.83 Å². The van der Waals surface area contributed by atoms with Gasteiger partial charge < -0.3 is 0 Å². The Hall–Kier alpha value is 1.04. The molecule has 6 heteroatoms. The SMILES string of the molecule is C[C@@H](Br)C[C@](F)(Cl)C(F)(F)Br. The van der Waals surface area contributed by atoms with Crippen molar-refractivity contribution in [2.24, 2.45) is 0 Å². The molecule has 0 aliphatic heterocycles. The third kappa shape index (κ3) is 3.99. The lowest BCUT2D eigenvalue weighted by molar-refractivity contribution is -0.00877. The Morgan fingerprint density at radius 2 is 1.82 bits per heavy atom. The van der Waals surface area contributed by atoms with Gasteiger partial charge in [-0.2, -0.15) is 8.78 Å². The molecule has 0 aliphatic carbocycles. The smallest absolute Gasteiger partial charge is 0.218 e. The summed E-state index contributed by atoms with van der Waals surface area (Å²) in [7, 11) is 0. The monoisotopic (exact) mass is 316 g/mol. The molecular formula is C5H6Br2ClF3. The molecule has 0 rings (SSSR count). The van der Waals surface area contributed by atoms with E-state index in [0.29, 0.717) is 0 Å². The quantitative estimate of drug-likeness (QED) is 0.689. The molecule has 0 fully saturated rings. The largest absolute Gasteiger partial charge is 0.348 e. The molecule has 0 unspecified atom stereocenters. The zero-order chi connectivity index (χ0) is 9.28.